The van der Waals surface area contributed by atoms with Gasteiger partial charge in [0.2, 0.25) is 5.91 Å². The number of allylic oxidation sites excluding steroid dienone is 1. The molecule has 2 nitrogen and oxygen atoms in total. The Kier molecular flexibility index (Phi) is 2.55. The lowest BCUT2D eigenvalue weighted by Crippen LogP contribution is -2.29. The molecule has 0 aromatic heterocycles. The topological polar surface area (TPSA) is 29.1 Å². The van der Waals surface area contributed by atoms with E-state index in [1.54, 1.807) is 0 Å². The average molecular weight is 167 g/mol. The van der Waals surface area contributed by atoms with E-state index in [4.69, 9.17) is 0 Å². The molecular weight excluding hydrogens is 150 g/mol. The largest absolute Gasteiger partial charge is 0.352 e. The molecular formula is C10H17NO. The smallest absolute Gasteiger partial charge is 0.246 e. The van der Waals surface area contributed by atoms with Crippen LogP contribution in [0.2, 0.25) is 0 Å². The molecule has 0 heterocycles. The maximum atomic E-state index is 11.3. The lowest BCUT2D eigenvalue weighted by Gasteiger charge is -2.09. The molecule has 0 aromatic rings. The summed E-state index contributed by atoms with van der Waals surface area (Å²) >= 11 is 0. The number of hydrogen-bond donors (Lipinski definition) is 1. The molecule has 0 spiro atoms. The van der Waals surface area contributed by atoms with E-state index in [9.17, 15) is 4.79 Å². The Balaban J connectivity index is 2.27. The summed E-state index contributed by atoms with van der Waals surface area (Å²) in [4.78, 5) is 11.3. The molecule has 1 aliphatic rings. The minimum absolute atomic E-state index is 0.0747. The lowest BCUT2D eigenvalue weighted by atomic mass is 10.1. The van der Waals surface area contributed by atoms with E-state index in [2.05, 4.69) is 12.2 Å². The normalized spacial score (nSPS) is 20.4. The van der Waals surface area contributed by atoms with E-state index in [0.29, 0.717) is 5.41 Å². The Morgan fingerprint density at radius 3 is 2.58 bits per heavy atom. The first kappa shape index (κ1) is 9.30. The summed E-state index contributed by atoms with van der Waals surface area (Å²) in [7, 11) is 0. The van der Waals surface area contributed by atoms with E-state index < -0.39 is 0 Å². The first-order valence-electron chi connectivity index (χ1n) is 4.48. The molecule has 68 valence electrons. The van der Waals surface area contributed by atoms with Gasteiger partial charge in [0, 0.05) is 12.1 Å². The van der Waals surface area contributed by atoms with Gasteiger partial charge in [-0.2, -0.15) is 0 Å². The average Bonchev–Trinajstić information content (AvgIpc) is 2.79. The summed E-state index contributed by atoms with van der Waals surface area (Å²) in [5.74, 6) is 0.0747. The van der Waals surface area contributed by atoms with Crippen LogP contribution in [0.4, 0.5) is 0 Å². The second kappa shape index (κ2) is 3.30. The van der Waals surface area contributed by atoms with Gasteiger partial charge in [-0.25, -0.2) is 0 Å². The molecule has 12 heavy (non-hydrogen) atoms. The fourth-order valence-electron chi connectivity index (χ4n) is 0.954. The molecule has 0 aromatic carbocycles. The second-order valence-corrected chi connectivity index (χ2v) is 3.97. The highest BCUT2D eigenvalue weighted by Gasteiger charge is 2.37. The summed E-state index contributed by atoms with van der Waals surface area (Å²) in [6.07, 6.45) is 4.34. The number of carbonyl (C=O) groups excluding carboxylic acids is 1. The summed E-state index contributed by atoms with van der Waals surface area (Å²) < 4.78 is 0. The van der Waals surface area contributed by atoms with Crippen LogP contribution in [0.15, 0.2) is 11.6 Å². The van der Waals surface area contributed by atoms with Crippen LogP contribution in [0, 0.1) is 5.41 Å². The molecule has 0 bridgehead atoms. The highest BCUT2D eigenvalue weighted by atomic mass is 16.1. The molecule has 0 unspecified atom stereocenters. The fourth-order valence-corrected chi connectivity index (χ4v) is 0.954. The van der Waals surface area contributed by atoms with Crippen LogP contribution in [-0.2, 0) is 4.79 Å². The van der Waals surface area contributed by atoms with Crippen molar-refractivity contribution < 1.29 is 4.79 Å². The van der Waals surface area contributed by atoms with Crippen LogP contribution >= 0.6 is 0 Å². The third-order valence-corrected chi connectivity index (χ3v) is 2.57. The molecule has 1 aliphatic carbocycles. The summed E-state index contributed by atoms with van der Waals surface area (Å²) in [5, 5.41) is 2.93. The van der Waals surface area contributed by atoms with Crippen molar-refractivity contribution in [3.8, 4) is 0 Å². The Labute approximate surface area is 74.0 Å². The predicted molar refractivity (Wildman–Crippen MR) is 49.8 cm³/mol. The third kappa shape index (κ3) is 2.36. The van der Waals surface area contributed by atoms with Crippen molar-refractivity contribution in [2.45, 2.75) is 33.6 Å². The van der Waals surface area contributed by atoms with Crippen molar-refractivity contribution in [3.63, 3.8) is 0 Å². The zero-order valence-corrected chi connectivity index (χ0v) is 8.11. The standard InChI is InChI=1S/C10H17NO/c1-4-8(2)9(12)11-7-10(3)5-6-10/h4H,5-7H2,1-3H3,(H,11,12)/b8-4-. The lowest BCUT2D eigenvalue weighted by molar-refractivity contribution is -0.117. The number of nitrogens with one attached hydrogen (secondary N) is 1. The molecule has 0 radical (unpaired) electrons. The van der Waals surface area contributed by atoms with Crippen LogP contribution in [0.1, 0.15) is 33.6 Å². The van der Waals surface area contributed by atoms with Gasteiger partial charge in [-0.05, 0) is 32.1 Å². The monoisotopic (exact) mass is 167 g/mol. The first-order chi connectivity index (χ1) is 5.57. The zero-order valence-electron chi connectivity index (χ0n) is 8.11. The second-order valence-electron chi connectivity index (χ2n) is 3.97. The Morgan fingerprint density at radius 1 is 1.58 bits per heavy atom. The quantitative estimate of drug-likeness (QED) is 0.639. The van der Waals surface area contributed by atoms with Crippen LogP contribution < -0.4 is 5.32 Å². The molecule has 0 aliphatic heterocycles. The van der Waals surface area contributed by atoms with Gasteiger partial charge in [-0.15, -0.1) is 0 Å². The number of rotatable bonds is 3. The van der Waals surface area contributed by atoms with Crippen LogP contribution in [0.25, 0.3) is 0 Å². The number of hydrogen-bond acceptors (Lipinski definition) is 1. The Bertz CT molecular complexity index is 214. The van der Waals surface area contributed by atoms with Gasteiger partial charge in [0.25, 0.3) is 0 Å². The van der Waals surface area contributed by atoms with Crippen molar-refractivity contribution >= 4 is 5.91 Å². The van der Waals surface area contributed by atoms with Crippen LogP contribution in [-0.4, -0.2) is 12.5 Å². The van der Waals surface area contributed by atoms with E-state index >= 15 is 0 Å². The van der Waals surface area contributed by atoms with Gasteiger partial charge >= 0.3 is 0 Å². The third-order valence-electron chi connectivity index (χ3n) is 2.57. The molecule has 1 fully saturated rings. The molecule has 1 N–H and O–H groups in total. The minimum Gasteiger partial charge on any atom is -0.352 e. The van der Waals surface area contributed by atoms with Crippen molar-refractivity contribution in [2.24, 2.45) is 5.41 Å². The number of carbonyl (C=O) groups is 1. The highest BCUT2D eigenvalue weighted by Crippen LogP contribution is 2.44. The predicted octanol–water partition coefficient (Wildman–Crippen LogP) is 1.87. The van der Waals surface area contributed by atoms with Gasteiger partial charge < -0.3 is 5.32 Å². The van der Waals surface area contributed by atoms with Gasteiger partial charge in [-0.1, -0.05) is 13.0 Å². The number of amides is 1. The van der Waals surface area contributed by atoms with Crippen molar-refractivity contribution in [3.05, 3.63) is 11.6 Å². The molecule has 0 atom stereocenters. The molecule has 1 amide bonds. The van der Waals surface area contributed by atoms with Gasteiger partial charge in [-0.3, -0.25) is 4.79 Å². The Morgan fingerprint density at radius 2 is 2.17 bits per heavy atom. The molecule has 1 saturated carbocycles. The van der Waals surface area contributed by atoms with Crippen LogP contribution in [0.3, 0.4) is 0 Å². The summed E-state index contributed by atoms with van der Waals surface area (Å²) in [5.41, 5.74) is 1.21. The van der Waals surface area contributed by atoms with Gasteiger partial charge in [0.05, 0.1) is 0 Å². The van der Waals surface area contributed by atoms with Crippen LogP contribution in [0.5, 0.6) is 0 Å². The van der Waals surface area contributed by atoms with E-state index in [-0.39, 0.29) is 5.91 Å². The van der Waals surface area contributed by atoms with E-state index in [0.717, 1.165) is 12.1 Å². The zero-order chi connectivity index (χ0) is 9.19. The highest BCUT2D eigenvalue weighted by molar-refractivity contribution is 5.92. The molecule has 2 heteroatoms. The Hall–Kier alpha value is -0.790. The maximum absolute atomic E-state index is 11.3. The summed E-state index contributed by atoms with van der Waals surface area (Å²) in [6.45, 7) is 6.76. The van der Waals surface area contributed by atoms with E-state index in [1.807, 2.05) is 19.9 Å². The first-order valence-corrected chi connectivity index (χ1v) is 4.48. The molecule has 0 saturated heterocycles. The van der Waals surface area contributed by atoms with Crippen molar-refractivity contribution in [1.82, 2.24) is 5.32 Å². The SMILES string of the molecule is C/C=C(/C)C(=O)NCC1(C)CC1. The fraction of sp³-hybridized carbons (Fsp3) is 0.700. The minimum atomic E-state index is 0.0747. The van der Waals surface area contributed by atoms with Crippen molar-refractivity contribution in [2.75, 3.05) is 6.54 Å². The van der Waals surface area contributed by atoms with E-state index in [1.165, 1.54) is 12.8 Å². The van der Waals surface area contributed by atoms with Gasteiger partial charge in [0.15, 0.2) is 0 Å². The van der Waals surface area contributed by atoms with Crippen molar-refractivity contribution in [1.29, 1.82) is 0 Å². The molecule has 1 rings (SSSR count). The summed E-state index contributed by atoms with van der Waals surface area (Å²) in [6, 6.07) is 0. The van der Waals surface area contributed by atoms with Gasteiger partial charge in [0.1, 0.15) is 0 Å². The maximum Gasteiger partial charge on any atom is 0.246 e.